The monoisotopic (exact) mass is 316 g/mol. The van der Waals surface area contributed by atoms with E-state index in [9.17, 15) is 0 Å². The molecule has 1 fully saturated rings. The van der Waals surface area contributed by atoms with Crippen LogP contribution >= 0.6 is 21.6 Å². The van der Waals surface area contributed by atoms with E-state index in [1.807, 2.05) is 0 Å². The minimum Gasteiger partial charge on any atom is -0.0942 e. The number of rotatable bonds is 0. The number of hydrogen-bond acceptors (Lipinski definition) is 2. The molecular weight excluding hydrogens is 280 g/mol. The molecule has 0 amide bonds. The molecule has 0 N–H and O–H groups in total. The third-order valence-corrected chi connectivity index (χ3v) is 6.87. The zero-order valence-electron chi connectivity index (χ0n) is 13.5. The van der Waals surface area contributed by atoms with Gasteiger partial charge in [-0.3, -0.25) is 0 Å². The Morgan fingerprint density at radius 2 is 0.450 bits per heavy atom. The Kier molecular flexibility index (Phi) is 15.1. The smallest absolute Gasteiger partial charge is 0.00369 e. The van der Waals surface area contributed by atoms with Crippen LogP contribution in [-0.2, 0) is 0 Å². The molecule has 0 aromatic rings. The lowest BCUT2D eigenvalue weighted by Gasteiger charge is -2.05. The Balaban J connectivity index is 2.00. The SMILES string of the molecule is C1CCCCCCCCCSSCCCCCCCC1. The molecule has 0 radical (unpaired) electrons. The summed E-state index contributed by atoms with van der Waals surface area (Å²) in [6.45, 7) is 0. The van der Waals surface area contributed by atoms with Crippen LogP contribution in [0.15, 0.2) is 0 Å². The maximum Gasteiger partial charge on any atom is 0.00369 e. The average molecular weight is 317 g/mol. The van der Waals surface area contributed by atoms with Gasteiger partial charge < -0.3 is 0 Å². The van der Waals surface area contributed by atoms with Crippen LogP contribution in [0.1, 0.15) is 103 Å². The first-order valence-electron chi connectivity index (χ1n) is 9.24. The Bertz CT molecular complexity index is 95.8. The second kappa shape index (κ2) is 16.1. The van der Waals surface area contributed by atoms with Crippen LogP contribution in [0.3, 0.4) is 0 Å². The van der Waals surface area contributed by atoms with E-state index in [1.54, 1.807) is 0 Å². The van der Waals surface area contributed by atoms with Gasteiger partial charge in [-0.1, -0.05) is 111 Å². The molecule has 20 heavy (non-hydrogen) atoms. The molecule has 1 heterocycles. The molecule has 0 atom stereocenters. The van der Waals surface area contributed by atoms with Crippen LogP contribution in [0, 0.1) is 0 Å². The standard InChI is InChI=1S/C18H36S2/c1-2-4-6-8-10-12-14-16-18-20-19-17-15-13-11-9-7-5-3-1/h1-18H2. The number of hydrogen-bond donors (Lipinski definition) is 0. The Morgan fingerprint density at radius 1 is 0.250 bits per heavy atom. The second-order valence-electron chi connectivity index (χ2n) is 6.30. The van der Waals surface area contributed by atoms with E-state index >= 15 is 0 Å². The summed E-state index contributed by atoms with van der Waals surface area (Å²) in [6.07, 6.45) is 23.7. The lowest BCUT2D eigenvalue weighted by molar-refractivity contribution is 0.532. The van der Waals surface area contributed by atoms with Gasteiger partial charge >= 0.3 is 0 Å². The van der Waals surface area contributed by atoms with E-state index < -0.39 is 0 Å². The predicted molar refractivity (Wildman–Crippen MR) is 98.8 cm³/mol. The van der Waals surface area contributed by atoms with Crippen molar-refractivity contribution in [1.29, 1.82) is 0 Å². The van der Waals surface area contributed by atoms with Crippen molar-refractivity contribution in [1.82, 2.24) is 0 Å². The molecule has 2 heteroatoms. The van der Waals surface area contributed by atoms with E-state index in [0.717, 1.165) is 0 Å². The van der Waals surface area contributed by atoms with E-state index in [1.165, 1.54) is 114 Å². The Hall–Kier alpha value is 0.700. The molecule has 0 unspecified atom stereocenters. The molecule has 1 aliphatic rings. The zero-order chi connectivity index (χ0) is 14.1. The largest absolute Gasteiger partial charge is 0.0942 e. The molecule has 0 nitrogen and oxygen atoms in total. The molecule has 0 aromatic heterocycles. The topological polar surface area (TPSA) is 0 Å². The lowest BCUT2D eigenvalue weighted by Crippen LogP contribution is -1.86. The Labute approximate surface area is 136 Å². The van der Waals surface area contributed by atoms with Crippen molar-refractivity contribution in [3.8, 4) is 0 Å². The minimum absolute atomic E-state index is 1.38. The summed E-state index contributed by atoms with van der Waals surface area (Å²) in [5, 5.41) is 0. The van der Waals surface area contributed by atoms with Gasteiger partial charge in [0.15, 0.2) is 0 Å². The highest BCUT2D eigenvalue weighted by molar-refractivity contribution is 8.76. The fourth-order valence-electron chi connectivity index (χ4n) is 2.91. The van der Waals surface area contributed by atoms with E-state index in [-0.39, 0.29) is 0 Å². The van der Waals surface area contributed by atoms with Crippen LogP contribution in [0.4, 0.5) is 0 Å². The van der Waals surface area contributed by atoms with E-state index in [2.05, 4.69) is 21.6 Å². The maximum atomic E-state index is 2.12. The first-order chi connectivity index (χ1) is 10.0. The highest BCUT2D eigenvalue weighted by Gasteiger charge is 1.97. The molecule has 0 bridgehead atoms. The van der Waals surface area contributed by atoms with Crippen molar-refractivity contribution >= 4 is 21.6 Å². The fourth-order valence-corrected chi connectivity index (χ4v) is 5.21. The third kappa shape index (κ3) is 13.7. The van der Waals surface area contributed by atoms with Gasteiger partial charge in [0.05, 0.1) is 0 Å². The van der Waals surface area contributed by atoms with Gasteiger partial charge in [0.2, 0.25) is 0 Å². The van der Waals surface area contributed by atoms with Crippen LogP contribution in [0.25, 0.3) is 0 Å². The summed E-state index contributed by atoms with van der Waals surface area (Å²) in [6, 6.07) is 0. The molecule has 0 aliphatic carbocycles. The van der Waals surface area contributed by atoms with Crippen molar-refractivity contribution in [3.05, 3.63) is 0 Å². The van der Waals surface area contributed by atoms with E-state index in [0.29, 0.717) is 0 Å². The summed E-state index contributed by atoms with van der Waals surface area (Å²) in [7, 11) is 4.24. The van der Waals surface area contributed by atoms with Crippen molar-refractivity contribution in [2.45, 2.75) is 103 Å². The van der Waals surface area contributed by atoms with Crippen LogP contribution in [0.5, 0.6) is 0 Å². The van der Waals surface area contributed by atoms with Crippen molar-refractivity contribution < 1.29 is 0 Å². The van der Waals surface area contributed by atoms with Gasteiger partial charge in [0.25, 0.3) is 0 Å². The molecule has 0 saturated carbocycles. The van der Waals surface area contributed by atoms with Crippen molar-refractivity contribution in [2.24, 2.45) is 0 Å². The van der Waals surface area contributed by atoms with Crippen LogP contribution in [-0.4, -0.2) is 11.5 Å². The molecule has 1 saturated heterocycles. The third-order valence-electron chi connectivity index (χ3n) is 4.29. The first-order valence-corrected chi connectivity index (χ1v) is 11.7. The highest BCUT2D eigenvalue weighted by atomic mass is 33.1. The summed E-state index contributed by atoms with van der Waals surface area (Å²) in [5.41, 5.74) is 0. The normalized spacial score (nSPS) is 24.0. The molecule has 1 aliphatic heterocycles. The van der Waals surface area contributed by atoms with E-state index in [4.69, 9.17) is 0 Å². The molecule has 120 valence electrons. The summed E-state index contributed by atoms with van der Waals surface area (Å²) in [4.78, 5) is 0. The van der Waals surface area contributed by atoms with Gasteiger partial charge in [0, 0.05) is 11.5 Å². The first kappa shape index (κ1) is 18.7. The Morgan fingerprint density at radius 3 is 0.700 bits per heavy atom. The molecule has 1 rings (SSSR count). The average Bonchev–Trinajstić information content (AvgIpc) is 2.46. The van der Waals surface area contributed by atoms with Gasteiger partial charge in [-0.2, -0.15) is 0 Å². The van der Waals surface area contributed by atoms with Crippen LogP contribution in [0.2, 0.25) is 0 Å². The minimum atomic E-state index is 1.38. The predicted octanol–water partition coefficient (Wildman–Crippen LogP) is 7.62. The van der Waals surface area contributed by atoms with Crippen LogP contribution < -0.4 is 0 Å². The summed E-state index contributed by atoms with van der Waals surface area (Å²) < 4.78 is 0. The summed E-state index contributed by atoms with van der Waals surface area (Å²) in [5.74, 6) is 2.76. The van der Waals surface area contributed by atoms with Gasteiger partial charge in [0.1, 0.15) is 0 Å². The van der Waals surface area contributed by atoms with Crippen molar-refractivity contribution in [2.75, 3.05) is 11.5 Å². The van der Waals surface area contributed by atoms with Gasteiger partial charge in [-0.05, 0) is 12.8 Å². The van der Waals surface area contributed by atoms with Crippen molar-refractivity contribution in [3.63, 3.8) is 0 Å². The molecule has 0 aromatic carbocycles. The second-order valence-corrected chi connectivity index (χ2v) is 9.00. The molecular formula is C18H36S2. The maximum absolute atomic E-state index is 2.12. The van der Waals surface area contributed by atoms with Gasteiger partial charge in [-0.15, -0.1) is 0 Å². The van der Waals surface area contributed by atoms with Gasteiger partial charge in [-0.25, -0.2) is 0 Å². The highest BCUT2D eigenvalue weighted by Crippen LogP contribution is 2.25. The summed E-state index contributed by atoms with van der Waals surface area (Å²) >= 11 is 0. The zero-order valence-corrected chi connectivity index (χ0v) is 15.2. The quantitative estimate of drug-likeness (QED) is 0.421. The fraction of sp³-hybridized carbons (Fsp3) is 1.00. The molecule has 0 spiro atoms. The lowest BCUT2D eigenvalue weighted by atomic mass is 10.0.